The Hall–Kier alpha value is -1.60. The molecule has 1 fully saturated rings. The minimum absolute atomic E-state index is 0.0861. The molecule has 1 N–H and O–H groups in total. The molecule has 0 unspecified atom stereocenters. The van der Waals surface area contributed by atoms with E-state index in [1.54, 1.807) is 0 Å². The largest absolute Gasteiger partial charge is 0.492 e. The third-order valence-electron chi connectivity index (χ3n) is 4.99. The Morgan fingerprint density at radius 3 is 2.21 bits per heavy atom. The Morgan fingerprint density at radius 1 is 1.25 bits per heavy atom. The summed E-state index contributed by atoms with van der Waals surface area (Å²) in [6.45, 7) is 13.9. The fraction of sp³-hybridized carbons (Fsp3) is 0.647. The standard InChI is InChI=1S/C17H28BN3O3/c1-11-15(12(2)21(8)20-11)9-14(10-19-13(3)22)18-23-16(4,5)17(6,7)24-18/h9H,10H2,1-8H3,(H,19,22). The second kappa shape index (κ2) is 6.37. The van der Waals surface area contributed by atoms with E-state index in [2.05, 4.69) is 10.4 Å². The summed E-state index contributed by atoms with van der Waals surface area (Å²) in [7, 11) is 1.42. The summed E-state index contributed by atoms with van der Waals surface area (Å²) in [5.74, 6) is -0.0861. The molecule has 6 nitrogen and oxygen atoms in total. The van der Waals surface area contributed by atoms with Gasteiger partial charge in [-0.3, -0.25) is 9.48 Å². The smallest absolute Gasteiger partial charge is 0.400 e. The van der Waals surface area contributed by atoms with Gasteiger partial charge in [-0.1, -0.05) is 6.08 Å². The fourth-order valence-corrected chi connectivity index (χ4v) is 2.61. The van der Waals surface area contributed by atoms with E-state index in [0.29, 0.717) is 6.54 Å². The predicted molar refractivity (Wildman–Crippen MR) is 95.4 cm³/mol. The molecule has 1 aliphatic heterocycles. The van der Waals surface area contributed by atoms with Gasteiger partial charge in [-0.2, -0.15) is 5.10 Å². The quantitative estimate of drug-likeness (QED) is 0.858. The van der Waals surface area contributed by atoms with Gasteiger partial charge in [-0.25, -0.2) is 0 Å². The molecule has 0 radical (unpaired) electrons. The van der Waals surface area contributed by atoms with E-state index >= 15 is 0 Å². The van der Waals surface area contributed by atoms with E-state index in [1.165, 1.54) is 6.92 Å². The van der Waals surface area contributed by atoms with Gasteiger partial charge in [0.1, 0.15) is 0 Å². The molecule has 1 aromatic heterocycles. The van der Waals surface area contributed by atoms with Gasteiger partial charge in [0, 0.05) is 31.8 Å². The van der Waals surface area contributed by atoms with Crippen molar-refractivity contribution >= 4 is 19.1 Å². The first-order valence-electron chi connectivity index (χ1n) is 8.25. The summed E-state index contributed by atoms with van der Waals surface area (Å²) in [4.78, 5) is 11.4. The van der Waals surface area contributed by atoms with Crippen LogP contribution in [0.25, 0.3) is 6.08 Å². The Morgan fingerprint density at radius 2 is 1.79 bits per heavy atom. The van der Waals surface area contributed by atoms with Crippen molar-refractivity contribution in [2.45, 2.75) is 59.7 Å². The monoisotopic (exact) mass is 333 g/mol. The summed E-state index contributed by atoms with van der Waals surface area (Å²) in [5, 5.41) is 7.29. The van der Waals surface area contributed by atoms with E-state index in [1.807, 2.05) is 59.3 Å². The molecule has 0 atom stereocenters. The first-order chi connectivity index (χ1) is 10.9. The first kappa shape index (κ1) is 18.7. The third-order valence-corrected chi connectivity index (χ3v) is 4.99. The number of rotatable bonds is 4. The van der Waals surface area contributed by atoms with Crippen molar-refractivity contribution < 1.29 is 14.1 Å². The molecule has 0 bridgehead atoms. The van der Waals surface area contributed by atoms with E-state index in [9.17, 15) is 4.79 Å². The summed E-state index contributed by atoms with van der Waals surface area (Å²) in [5.41, 5.74) is 3.06. The third kappa shape index (κ3) is 3.57. The molecule has 1 aliphatic rings. The van der Waals surface area contributed by atoms with Crippen molar-refractivity contribution in [3.05, 3.63) is 22.4 Å². The SMILES string of the molecule is CC(=O)NCC(=Cc1c(C)nn(C)c1C)B1OC(C)(C)C(C)(C)O1. The molecule has 0 aliphatic carbocycles. The van der Waals surface area contributed by atoms with E-state index in [-0.39, 0.29) is 5.91 Å². The van der Waals surface area contributed by atoms with Gasteiger partial charge in [0.2, 0.25) is 5.91 Å². The molecule has 1 saturated heterocycles. The van der Waals surface area contributed by atoms with Crippen LogP contribution in [0.5, 0.6) is 0 Å². The van der Waals surface area contributed by atoms with Crippen LogP contribution in [0, 0.1) is 13.8 Å². The lowest BCUT2D eigenvalue weighted by atomic mass is 9.76. The summed E-state index contributed by atoms with van der Waals surface area (Å²) in [6.07, 6.45) is 2.02. The molecule has 0 aromatic carbocycles. The lowest BCUT2D eigenvalue weighted by molar-refractivity contribution is -0.118. The number of carbonyl (C=O) groups is 1. The van der Waals surface area contributed by atoms with E-state index in [4.69, 9.17) is 9.31 Å². The van der Waals surface area contributed by atoms with Crippen molar-refractivity contribution in [1.82, 2.24) is 15.1 Å². The van der Waals surface area contributed by atoms with E-state index in [0.717, 1.165) is 22.4 Å². The molecular formula is C17H28BN3O3. The predicted octanol–water partition coefficient (Wildman–Crippen LogP) is 2.19. The molecular weight excluding hydrogens is 305 g/mol. The lowest BCUT2D eigenvalue weighted by Gasteiger charge is -2.32. The van der Waals surface area contributed by atoms with Crippen LogP contribution in [0.4, 0.5) is 0 Å². The Kier molecular flexibility index (Phi) is 4.97. The molecule has 2 heterocycles. The van der Waals surface area contributed by atoms with Crippen LogP contribution in [-0.4, -0.2) is 40.6 Å². The molecule has 2 rings (SSSR count). The Bertz CT molecular complexity index is 661. The minimum Gasteiger partial charge on any atom is -0.400 e. The number of nitrogens with one attached hydrogen (secondary N) is 1. The van der Waals surface area contributed by atoms with Crippen LogP contribution in [-0.2, 0) is 21.2 Å². The molecule has 132 valence electrons. The van der Waals surface area contributed by atoms with Gasteiger partial charge in [0.15, 0.2) is 0 Å². The number of hydrogen-bond donors (Lipinski definition) is 1. The van der Waals surface area contributed by atoms with Gasteiger partial charge in [-0.05, 0) is 47.0 Å². The fourth-order valence-electron chi connectivity index (χ4n) is 2.61. The first-order valence-corrected chi connectivity index (χ1v) is 8.25. The maximum Gasteiger partial charge on any atom is 0.492 e. The maximum atomic E-state index is 11.4. The topological polar surface area (TPSA) is 65.4 Å². The normalized spacial score (nSPS) is 19.7. The van der Waals surface area contributed by atoms with Gasteiger partial charge < -0.3 is 14.6 Å². The highest BCUT2D eigenvalue weighted by atomic mass is 16.7. The number of aryl methyl sites for hydroxylation is 2. The van der Waals surface area contributed by atoms with Crippen molar-refractivity contribution in [2.24, 2.45) is 7.05 Å². The van der Waals surface area contributed by atoms with Crippen molar-refractivity contribution in [2.75, 3.05) is 6.54 Å². The number of nitrogens with zero attached hydrogens (tertiary/aromatic N) is 2. The minimum atomic E-state index is -0.499. The molecule has 7 heteroatoms. The summed E-state index contributed by atoms with van der Waals surface area (Å²) < 4.78 is 14.1. The Balaban J connectivity index is 2.39. The van der Waals surface area contributed by atoms with Crippen LogP contribution in [0.2, 0.25) is 0 Å². The van der Waals surface area contributed by atoms with Gasteiger partial charge in [0.25, 0.3) is 0 Å². The molecule has 1 aromatic rings. The highest BCUT2D eigenvalue weighted by Crippen LogP contribution is 2.38. The number of carbonyl (C=O) groups excluding carboxylic acids is 1. The zero-order valence-corrected chi connectivity index (χ0v) is 16.0. The second-order valence-electron chi connectivity index (χ2n) is 7.43. The number of amides is 1. The zero-order chi connectivity index (χ0) is 18.3. The highest BCUT2D eigenvalue weighted by Gasteiger charge is 2.52. The second-order valence-corrected chi connectivity index (χ2v) is 7.43. The molecule has 24 heavy (non-hydrogen) atoms. The summed E-state index contributed by atoms with van der Waals surface area (Å²) in [6, 6.07) is 0. The van der Waals surface area contributed by atoms with Gasteiger partial charge in [0.05, 0.1) is 16.9 Å². The van der Waals surface area contributed by atoms with Crippen LogP contribution in [0.1, 0.15) is 51.6 Å². The number of hydrogen-bond acceptors (Lipinski definition) is 4. The Labute approximate surface area is 144 Å². The van der Waals surface area contributed by atoms with Crippen LogP contribution in [0.3, 0.4) is 0 Å². The maximum absolute atomic E-state index is 11.4. The zero-order valence-electron chi connectivity index (χ0n) is 16.0. The average Bonchev–Trinajstić information content (AvgIpc) is 2.79. The van der Waals surface area contributed by atoms with Crippen LogP contribution >= 0.6 is 0 Å². The van der Waals surface area contributed by atoms with Gasteiger partial charge >= 0.3 is 7.12 Å². The lowest BCUT2D eigenvalue weighted by Crippen LogP contribution is -2.41. The van der Waals surface area contributed by atoms with Crippen molar-refractivity contribution in [1.29, 1.82) is 0 Å². The van der Waals surface area contributed by atoms with Crippen molar-refractivity contribution in [3.63, 3.8) is 0 Å². The van der Waals surface area contributed by atoms with Crippen LogP contribution in [0.15, 0.2) is 5.47 Å². The van der Waals surface area contributed by atoms with Crippen molar-refractivity contribution in [3.8, 4) is 0 Å². The molecule has 1 amide bonds. The molecule has 0 saturated carbocycles. The van der Waals surface area contributed by atoms with E-state index < -0.39 is 18.3 Å². The average molecular weight is 333 g/mol. The summed E-state index contributed by atoms with van der Waals surface area (Å²) >= 11 is 0. The number of aromatic nitrogens is 2. The van der Waals surface area contributed by atoms with Gasteiger partial charge in [-0.15, -0.1) is 0 Å². The van der Waals surface area contributed by atoms with Crippen LogP contribution < -0.4 is 5.32 Å². The molecule has 0 spiro atoms. The highest BCUT2D eigenvalue weighted by molar-refractivity contribution is 6.56.